The number of carbonyl (C=O) groups is 1. The number of benzene rings is 1. The van der Waals surface area contributed by atoms with Gasteiger partial charge in [0.2, 0.25) is 5.91 Å². The molecule has 8 heteroatoms. The van der Waals surface area contributed by atoms with Gasteiger partial charge < -0.3 is 14.8 Å². The van der Waals surface area contributed by atoms with Crippen molar-refractivity contribution in [3.05, 3.63) is 53.3 Å². The van der Waals surface area contributed by atoms with Crippen LogP contribution in [0, 0.1) is 5.92 Å². The third kappa shape index (κ3) is 3.96. The first-order chi connectivity index (χ1) is 13.7. The number of nitrogens with zero attached hydrogens (tertiary/aromatic N) is 3. The van der Waals surface area contributed by atoms with Gasteiger partial charge in [-0.25, -0.2) is 15.0 Å². The molecule has 0 fully saturated rings. The van der Waals surface area contributed by atoms with Crippen LogP contribution in [0.2, 0.25) is 0 Å². The Morgan fingerprint density at radius 2 is 2.18 bits per heavy atom. The van der Waals surface area contributed by atoms with Crippen LogP contribution in [0.3, 0.4) is 0 Å². The number of rotatable bonds is 6. The maximum absolute atomic E-state index is 12.5. The normalized spacial score (nSPS) is 15.4. The van der Waals surface area contributed by atoms with E-state index in [0.29, 0.717) is 37.6 Å². The van der Waals surface area contributed by atoms with Crippen molar-refractivity contribution in [1.82, 2.24) is 20.3 Å². The molecule has 1 aliphatic heterocycles. The minimum Gasteiger partial charge on any atom is -0.493 e. The number of aromatic nitrogens is 3. The lowest BCUT2D eigenvalue weighted by Crippen LogP contribution is -2.38. The Bertz CT molecular complexity index is 961. The molecule has 1 aliphatic rings. The predicted octanol–water partition coefficient (Wildman–Crippen LogP) is 2.52. The Morgan fingerprint density at radius 1 is 1.32 bits per heavy atom. The van der Waals surface area contributed by atoms with Gasteiger partial charge >= 0.3 is 0 Å². The van der Waals surface area contributed by atoms with Gasteiger partial charge in [-0.2, -0.15) is 0 Å². The molecule has 1 amide bonds. The molecule has 2 aromatic heterocycles. The number of nitrogens with one attached hydrogen (secondary N) is 1. The molecule has 4 rings (SSSR count). The highest BCUT2D eigenvalue weighted by Crippen LogP contribution is 2.36. The number of amides is 1. The van der Waals surface area contributed by atoms with Crippen LogP contribution in [-0.4, -0.2) is 41.1 Å². The summed E-state index contributed by atoms with van der Waals surface area (Å²) in [5.74, 6) is 1.86. The summed E-state index contributed by atoms with van der Waals surface area (Å²) in [7, 11) is 1.62. The highest BCUT2D eigenvalue weighted by Gasteiger charge is 2.27. The molecule has 0 bridgehead atoms. The number of thiazole rings is 1. The summed E-state index contributed by atoms with van der Waals surface area (Å²) < 4.78 is 11.1. The van der Waals surface area contributed by atoms with E-state index < -0.39 is 0 Å². The number of fused-ring (bicyclic) bond motifs is 1. The largest absolute Gasteiger partial charge is 0.493 e. The standard InChI is InChI=1S/C20H20N4O3S/c1-26-16-5-2-4-13-10-14(11-27-17(13)16)19(25)23-9-6-15-12-28-20(24-15)18-21-7-3-8-22-18/h2-5,7-8,12,14H,6,9-11H2,1H3,(H,23,25). The van der Waals surface area contributed by atoms with Crippen molar-refractivity contribution in [2.75, 3.05) is 20.3 Å². The Morgan fingerprint density at radius 3 is 3.00 bits per heavy atom. The second-order valence-electron chi connectivity index (χ2n) is 6.42. The lowest BCUT2D eigenvalue weighted by molar-refractivity contribution is -0.126. The lowest BCUT2D eigenvalue weighted by atomic mass is 9.95. The van der Waals surface area contributed by atoms with Crippen LogP contribution in [0.25, 0.3) is 10.8 Å². The van der Waals surface area contributed by atoms with E-state index in [1.807, 2.05) is 23.6 Å². The van der Waals surface area contributed by atoms with Gasteiger partial charge in [0.15, 0.2) is 22.3 Å². The zero-order valence-corrected chi connectivity index (χ0v) is 16.2. The molecule has 1 N–H and O–H groups in total. The van der Waals surface area contributed by atoms with Crippen LogP contribution in [0.5, 0.6) is 11.5 Å². The number of methoxy groups -OCH3 is 1. The van der Waals surface area contributed by atoms with Crippen molar-refractivity contribution >= 4 is 17.2 Å². The molecular weight excluding hydrogens is 376 g/mol. The van der Waals surface area contributed by atoms with E-state index in [0.717, 1.165) is 22.0 Å². The second-order valence-corrected chi connectivity index (χ2v) is 7.28. The summed E-state index contributed by atoms with van der Waals surface area (Å²) in [6.45, 7) is 0.879. The van der Waals surface area contributed by atoms with Crippen molar-refractivity contribution in [3.8, 4) is 22.3 Å². The van der Waals surface area contributed by atoms with E-state index in [1.54, 1.807) is 25.6 Å². The van der Waals surface area contributed by atoms with Crippen LogP contribution < -0.4 is 14.8 Å². The van der Waals surface area contributed by atoms with Crippen LogP contribution in [-0.2, 0) is 17.6 Å². The minimum absolute atomic E-state index is 0.00434. The third-order valence-electron chi connectivity index (χ3n) is 4.54. The van der Waals surface area contributed by atoms with Gasteiger partial charge in [0.25, 0.3) is 0 Å². The van der Waals surface area contributed by atoms with Gasteiger partial charge in [-0.05, 0) is 24.1 Å². The smallest absolute Gasteiger partial charge is 0.226 e. The maximum Gasteiger partial charge on any atom is 0.226 e. The molecule has 0 aliphatic carbocycles. The fraction of sp³-hybridized carbons (Fsp3) is 0.300. The van der Waals surface area contributed by atoms with E-state index >= 15 is 0 Å². The first kappa shape index (κ1) is 18.4. The van der Waals surface area contributed by atoms with E-state index in [4.69, 9.17) is 9.47 Å². The molecular formula is C20H20N4O3S. The van der Waals surface area contributed by atoms with Gasteiger partial charge in [0.1, 0.15) is 6.61 Å². The van der Waals surface area contributed by atoms with Crippen LogP contribution >= 0.6 is 11.3 Å². The second kappa shape index (κ2) is 8.35. The first-order valence-electron chi connectivity index (χ1n) is 9.03. The summed E-state index contributed by atoms with van der Waals surface area (Å²) >= 11 is 1.50. The van der Waals surface area contributed by atoms with Crippen LogP contribution in [0.4, 0.5) is 0 Å². The van der Waals surface area contributed by atoms with Gasteiger partial charge in [-0.3, -0.25) is 4.79 Å². The van der Waals surface area contributed by atoms with Crippen molar-refractivity contribution in [2.45, 2.75) is 12.8 Å². The van der Waals surface area contributed by atoms with Crippen molar-refractivity contribution in [1.29, 1.82) is 0 Å². The zero-order chi connectivity index (χ0) is 19.3. The van der Waals surface area contributed by atoms with Crippen LogP contribution in [0.15, 0.2) is 42.0 Å². The first-order valence-corrected chi connectivity index (χ1v) is 9.90. The zero-order valence-electron chi connectivity index (χ0n) is 15.4. The Labute approximate surface area is 166 Å². The molecule has 3 aromatic rings. The van der Waals surface area contributed by atoms with E-state index in [2.05, 4.69) is 20.3 Å². The minimum atomic E-state index is -0.205. The van der Waals surface area contributed by atoms with E-state index in [1.165, 1.54) is 11.3 Å². The number of hydrogen-bond acceptors (Lipinski definition) is 7. The Hall–Kier alpha value is -3.00. The SMILES string of the molecule is COc1cccc2c1OCC(C(=O)NCCc1csc(-c3ncccn3)n1)C2. The number of carbonyl (C=O) groups excluding carboxylic acids is 1. The lowest BCUT2D eigenvalue weighted by Gasteiger charge is -2.25. The van der Waals surface area contributed by atoms with Crippen molar-refractivity contribution in [3.63, 3.8) is 0 Å². The molecule has 1 unspecified atom stereocenters. The topological polar surface area (TPSA) is 86.2 Å². The van der Waals surface area contributed by atoms with Crippen molar-refractivity contribution < 1.29 is 14.3 Å². The molecule has 28 heavy (non-hydrogen) atoms. The monoisotopic (exact) mass is 396 g/mol. The molecule has 7 nitrogen and oxygen atoms in total. The predicted molar refractivity (Wildman–Crippen MR) is 106 cm³/mol. The molecule has 0 spiro atoms. The van der Waals surface area contributed by atoms with Gasteiger partial charge in [-0.15, -0.1) is 11.3 Å². The van der Waals surface area contributed by atoms with Gasteiger partial charge in [0, 0.05) is 30.7 Å². The average molecular weight is 396 g/mol. The molecule has 1 aromatic carbocycles. The highest BCUT2D eigenvalue weighted by atomic mass is 32.1. The number of hydrogen-bond donors (Lipinski definition) is 1. The molecule has 0 radical (unpaired) electrons. The molecule has 3 heterocycles. The molecule has 1 atom stereocenters. The highest BCUT2D eigenvalue weighted by molar-refractivity contribution is 7.13. The Balaban J connectivity index is 1.30. The van der Waals surface area contributed by atoms with E-state index in [9.17, 15) is 4.79 Å². The van der Waals surface area contributed by atoms with Crippen LogP contribution in [0.1, 0.15) is 11.3 Å². The summed E-state index contributed by atoms with van der Waals surface area (Å²) in [5, 5.41) is 5.75. The average Bonchev–Trinajstić information content (AvgIpc) is 3.22. The quantitative estimate of drug-likeness (QED) is 0.689. The fourth-order valence-corrected chi connectivity index (χ4v) is 3.91. The van der Waals surface area contributed by atoms with Crippen molar-refractivity contribution in [2.24, 2.45) is 5.92 Å². The van der Waals surface area contributed by atoms with Gasteiger partial charge in [-0.1, -0.05) is 12.1 Å². The maximum atomic E-state index is 12.5. The summed E-state index contributed by atoms with van der Waals surface area (Å²) in [5.41, 5.74) is 1.92. The third-order valence-corrected chi connectivity index (χ3v) is 5.42. The fourth-order valence-electron chi connectivity index (χ4n) is 3.12. The molecule has 0 saturated heterocycles. The van der Waals surface area contributed by atoms with E-state index in [-0.39, 0.29) is 11.8 Å². The number of para-hydroxylation sites is 1. The summed E-state index contributed by atoms with van der Waals surface area (Å²) in [6, 6.07) is 7.52. The van der Waals surface area contributed by atoms with Gasteiger partial charge in [0.05, 0.1) is 18.7 Å². The summed E-state index contributed by atoms with van der Waals surface area (Å²) in [6.07, 6.45) is 4.70. The summed E-state index contributed by atoms with van der Waals surface area (Å²) in [4.78, 5) is 25.5. The number of ether oxygens (including phenoxy) is 2. The molecule has 0 saturated carbocycles. The Kier molecular flexibility index (Phi) is 5.48. The molecule has 144 valence electrons.